The molecule has 0 fully saturated rings. The first-order valence-corrected chi connectivity index (χ1v) is 6.46. The Morgan fingerprint density at radius 3 is 2.71 bits per heavy atom. The summed E-state index contributed by atoms with van der Waals surface area (Å²) in [5.74, 6) is 2.17. The van der Waals surface area contributed by atoms with Gasteiger partial charge in [0.2, 0.25) is 10.0 Å². The number of anilines is 1. The lowest BCUT2D eigenvalue weighted by Crippen LogP contribution is -2.33. The highest BCUT2D eigenvalue weighted by molar-refractivity contribution is 7.89. The van der Waals surface area contributed by atoms with Gasteiger partial charge in [0.15, 0.2) is 0 Å². The van der Waals surface area contributed by atoms with Gasteiger partial charge in [-0.1, -0.05) is 12.8 Å². The third-order valence-corrected chi connectivity index (χ3v) is 3.69. The van der Waals surface area contributed by atoms with Crippen LogP contribution in [0.4, 0.5) is 5.69 Å². The second-order valence-electron chi connectivity index (χ2n) is 3.47. The number of phenols is 1. The van der Waals surface area contributed by atoms with Gasteiger partial charge in [0.05, 0.1) is 16.6 Å². The second-order valence-corrected chi connectivity index (χ2v) is 5.18. The minimum absolute atomic E-state index is 0.00151. The van der Waals surface area contributed by atoms with E-state index in [-0.39, 0.29) is 16.3 Å². The molecule has 0 saturated heterocycles. The maximum atomic E-state index is 11.9. The number of sulfonamides is 1. The third-order valence-electron chi connectivity index (χ3n) is 2.22. The topological polar surface area (TPSA) is 92.4 Å². The molecule has 17 heavy (non-hydrogen) atoms. The van der Waals surface area contributed by atoms with Crippen LogP contribution in [0.2, 0.25) is 0 Å². The number of nitrogens with two attached hydrogens (primary N) is 1. The van der Waals surface area contributed by atoms with Crippen molar-refractivity contribution in [1.82, 2.24) is 4.72 Å². The van der Waals surface area contributed by atoms with Gasteiger partial charge >= 0.3 is 0 Å². The Bertz CT molecular complexity index is 546. The summed E-state index contributed by atoms with van der Waals surface area (Å²) in [4.78, 5) is -0.0264. The maximum absolute atomic E-state index is 11.9. The van der Waals surface area contributed by atoms with E-state index in [2.05, 4.69) is 10.6 Å². The number of terminal acetylenes is 1. The van der Waals surface area contributed by atoms with Gasteiger partial charge in [-0.2, -0.15) is 4.72 Å². The molecule has 1 aromatic carbocycles. The molecule has 0 aliphatic carbocycles. The summed E-state index contributed by atoms with van der Waals surface area (Å²) >= 11 is 0. The standard InChI is InChI=1S/C11H14N2O3S/c1-3-8(4-2)13-17(15,16)9-5-6-11(14)10(12)7-9/h1,5-8,13-14H,4,12H2,2H3. The first-order chi connectivity index (χ1) is 7.90. The summed E-state index contributed by atoms with van der Waals surface area (Å²) in [5.41, 5.74) is 5.43. The van der Waals surface area contributed by atoms with Crippen LogP contribution in [0.15, 0.2) is 23.1 Å². The molecule has 5 nitrogen and oxygen atoms in total. The Kier molecular flexibility index (Phi) is 3.99. The predicted octanol–water partition coefficient (Wildman–Crippen LogP) is 0.665. The van der Waals surface area contributed by atoms with Crippen LogP contribution < -0.4 is 10.5 Å². The van der Waals surface area contributed by atoms with Crippen molar-refractivity contribution in [2.45, 2.75) is 24.3 Å². The molecule has 4 N–H and O–H groups in total. The third kappa shape index (κ3) is 3.12. The molecular weight excluding hydrogens is 240 g/mol. The van der Waals surface area contributed by atoms with Crippen molar-refractivity contribution in [3.05, 3.63) is 18.2 Å². The van der Waals surface area contributed by atoms with Gasteiger partial charge in [-0.3, -0.25) is 0 Å². The van der Waals surface area contributed by atoms with E-state index in [1.165, 1.54) is 18.2 Å². The van der Waals surface area contributed by atoms with Gasteiger partial charge in [-0.25, -0.2) is 8.42 Å². The molecule has 0 aliphatic heterocycles. The Morgan fingerprint density at radius 2 is 2.24 bits per heavy atom. The molecule has 0 heterocycles. The Morgan fingerprint density at radius 1 is 1.59 bits per heavy atom. The summed E-state index contributed by atoms with van der Waals surface area (Å²) in [6.07, 6.45) is 5.67. The smallest absolute Gasteiger partial charge is 0.241 e. The van der Waals surface area contributed by atoms with Crippen LogP contribution >= 0.6 is 0 Å². The molecule has 1 unspecified atom stereocenters. The zero-order valence-electron chi connectivity index (χ0n) is 9.34. The normalized spacial score (nSPS) is 12.9. The molecule has 0 aromatic heterocycles. The number of rotatable bonds is 4. The summed E-state index contributed by atoms with van der Waals surface area (Å²) in [7, 11) is -3.71. The van der Waals surface area contributed by atoms with E-state index in [0.29, 0.717) is 6.42 Å². The maximum Gasteiger partial charge on any atom is 0.241 e. The quantitative estimate of drug-likeness (QED) is 0.418. The van der Waals surface area contributed by atoms with Gasteiger partial charge in [-0.05, 0) is 24.6 Å². The van der Waals surface area contributed by atoms with E-state index >= 15 is 0 Å². The van der Waals surface area contributed by atoms with E-state index in [1.807, 2.05) is 0 Å². The van der Waals surface area contributed by atoms with Crippen LogP contribution in [-0.2, 0) is 10.0 Å². The highest BCUT2D eigenvalue weighted by Crippen LogP contribution is 2.23. The fourth-order valence-corrected chi connectivity index (χ4v) is 2.46. The van der Waals surface area contributed by atoms with Gasteiger partial charge in [0.1, 0.15) is 5.75 Å². The predicted molar refractivity (Wildman–Crippen MR) is 65.8 cm³/mol. The Balaban J connectivity index is 3.06. The molecule has 0 spiro atoms. The monoisotopic (exact) mass is 254 g/mol. The number of nitrogen functional groups attached to an aromatic ring is 1. The second kappa shape index (κ2) is 5.08. The highest BCUT2D eigenvalue weighted by atomic mass is 32.2. The molecule has 6 heteroatoms. The molecule has 0 saturated carbocycles. The molecule has 0 bridgehead atoms. The van der Waals surface area contributed by atoms with Crippen LogP contribution in [0.1, 0.15) is 13.3 Å². The summed E-state index contributed by atoms with van der Waals surface area (Å²) in [5, 5.41) is 9.21. The SMILES string of the molecule is C#CC(CC)NS(=O)(=O)c1ccc(O)c(N)c1. The van der Waals surface area contributed by atoms with E-state index in [1.54, 1.807) is 6.92 Å². The lowest BCUT2D eigenvalue weighted by molar-refractivity contribution is 0.477. The summed E-state index contributed by atoms with van der Waals surface area (Å²) < 4.78 is 26.1. The van der Waals surface area contributed by atoms with E-state index < -0.39 is 16.1 Å². The number of hydrogen-bond donors (Lipinski definition) is 3. The van der Waals surface area contributed by atoms with Crippen molar-refractivity contribution in [2.75, 3.05) is 5.73 Å². The van der Waals surface area contributed by atoms with Crippen LogP contribution in [0, 0.1) is 12.3 Å². The first-order valence-electron chi connectivity index (χ1n) is 4.97. The zero-order chi connectivity index (χ0) is 13.1. The van der Waals surface area contributed by atoms with Crippen LogP contribution in [0.5, 0.6) is 5.75 Å². The van der Waals surface area contributed by atoms with Gasteiger partial charge in [0, 0.05) is 0 Å². The number of nitrogens with one attached hydrogen (secondary N) is 1. The first kappa shape index (κ1) is 13.4. The van der Waals surface area contributed by atoms with E-state index in [4.69, 9.17) is 12.2 Å². The van der Waals surface area contributed by atoms with Crippen LogP contribution in [0.3, 0.4) is 0 Å². The van der Waals surface area contributed by atoms with Crippen molar-refractivity contribution < 1.29 is 13.5 Å². The van der Waals surface area contributed by atoms with E-state index in [9.17, 15) is 13.5 Å². The summed E-state index contributed by atoms with van der Waals surface area (Å²) in [6, 6.07) is 3.11. The van der Waals surface area contributed by atoms with Gasteiger partial charge in [0.25, 0.3) is 0 Å². The Hall–Kier alpha value is -1.71. The molecule has 0 radical (unpaired) electrons. The minimum Gasteiger partial charge on any atom is -0.506 e. The van der Waals surface area contributed by atoms with Crippen molar-refractivity contribution in [3.63, 3.8) is 0 Å². The van der Waals surface area contributed by atoms with Crippen molar-refractivity contribution in [2.24, 2.45) is 0 Å². The number of phenolic OH excluding ortho intramolecular Hbond substituents is 1. The fourth-order valence-electron chi connectivity index (χ4n) is 1.19. The van der Waals surface area contributed by atoms with Crippen molar-refractivity contribution in [1.29, 1.82) is 0 Å². The molecule has 1 atom stereocenters. The average Bonchev–Trinajstić information content (AvgIpc) is 2.29. The highest BCUT2D eigenvalue weighted by Gasteiger charge is 2.18. The van der Waals surface area contributed by atoms with Gasteiger partial charge in [-0.15, -0.1) is 6.42 Å². The zero-order valence-corrected chi connectivity index (χ0v) is 10.2. The molecule has 92 valence electrons. The van der Waals surface area contributed by atoms with Crippen molar-refractivity contribution >= 4 is 15.7 Å². The molecule has 1 aromatic rings. The van der Waals surface area contributed by atoms with Gasteiger partial charge < -0.3 is 10.8 Å². The Labute approximate surface area is 101 Å². The molecule has 0 amide bonds. The average molecular weight is 254 g/mol. The summed E-state index contributed by atoms with van der Waals surface area (Å²) in [6.45, 7) is 1.78. The lowest BCUT2D eigenvalue weighted by Gasteiger charge is -2.12. The number of aromatic hydroxyl groups is 1. The largest absolute Gasteiger partial charge is 0.506 e. The minimum atomic E-state index is -3.71. The lowest BCUT2D eigenvalue weighted by atomic mass is 10.3. The molecule has 1 rings (SSSR count). The molecule has 0 aliphatic rings. The van der Waals surface area contributed by atoms with Crippen molar-refractivity contribution in [3.8, 4) is 18.1 Å². The van der Waals surface area contributed by atoms with Crippen LogP contribution in [0.25, 0.3) is 0 Å². The number of hydrogen-bond acceptors (Lipinski definition) is 4. The fraction of sp³-hybridized carbons (Fsp3) is 0.273. The van der Waals surface area contributed by atoms with E-state index in [0.717, 1.165) is 0 Å². The molecular formula is C11H14N2O3S. The number of benzene rings is 1. The van der Waals surface area contributed by atoms with Crippen LogP contribution in [-0.4, -0.2) is 19.6 Å².